The first-order chi connectivity index (χ1) is 9.08. The zero-order chi connectivity index (χ0) is 14.3. The molecule has 1 rings (SSSR count). The first kappa shape index (κ1) is 15.2. The summed E-state index contributed by atoms with van der Waals surface area (Å²) < 4.78 is 1.50. The molecule has 0 spiro atoms. The lowest BCUT2D eigenvalue weighted by Crippen LogP contribution is -2.33. The summed E-state index contributed by atoms with van der Waals surface area (Å²) >= 11 is 0. The summed E-state index contributed by atoms with van der Waals surface area (Å²) in [7, 11) is 0. The fourth-order valence-electron chi connectivity index (χ4n) is 1.87. The molecule has 1 amide bonds. The van der Waals surface area contributed by atoms with Crippen LogP contribution in [0, 0.1) is 0 Å². The Morgan fingerprint density at radius 1 is 1.32 bits per heavy atom. The van der Waals surface area contributed by atoms with Crippen LogP contribution in [0.2, 0.25) is 0 Å². The number of aromatic carboxylic acids is 1. The number of carbonyl (C=O) groups excluding carboxylic acids is 1. The number of carboxylic acids is 1. The van der Waals surface area contributed by atoms with Gasteiger partial charge in [0.15, 0.2) is 0 Å². The van der Waals surface area contributed by atoms with E-state index in [9.17, 15) is 9.59 Å². The topological polar surface area (TPSA) is 75.4 Å². The highest BCUT2D eigenvalue weighted by atomic mass is 16.4. The van der Waals surface area contributed by atoms with E-state index in [1.807, 2.05) is 18.7 Å². The number of amides is 1. The van der Waals surface area contributed by atoms with Gasteiger partial charge in [-0.2, -0.15) is 5.10 Å². The van der Waals surface area contributed by atoms with E-state index in [0.717, 1.165) is 25.9 Å². The van der Waals surface area contributed by atoms with Crippen molar-refractivity contribution in [2.75, 3.05) is 13.1 Å². The quantitative estimate of drug-likeness (QED) is 0.776. The molecule has 1 aromatic heterocycles. The maximum absolute atomic E-state index is 12.0. The van der Waals surface area contributed by atoms with Gasteiger partial charge in [-0.25, -0.2) is 4.79 Å². The summed E-state index contributed by atoms with van der Waals surface area (Å²) in [6.45, 7) is 6.04. The fraction of sp³-hybridized carbons (Fsp3) is 0.615. The van der Waals surface area contributed by atoms with Crippen molar-refractivity contribution in [3.63, 3.8) is 0 Å². The Bertz CT molecular complexity index is 423. The van der Waals surface area contributed by atoms with Crippen LogP contribution < -0.4 is 0 Å². The van der Waals surface area contributed by atoms with E-state index >= 15 is 0 Å². The molecule has 1 aromatic rings. The molecule has 6 heteroatoms. The van der Waals surface area contributed by atoms with Gasteiger partial charge in [0.1, 0.15) is 0 Å². The van der Waals surface area contributed by atoms with E-state index in [1.54, 1.807) is 0 Å². The molecule has 0 aromatic carbocycles. The summed E-state index contributed by atoms with van der Waals surface area (Å²) in [6, 6.07) is 0. The van der Waals surface area contributed by atoms with Crippen molar-refractivity contribution in [3.05, 3.63) is 18.0 Å². The largest absolute Gasteiger partial charge is 0.478 e. The number of aromatic nitrogens is 2. The maximum Gasteiger partial charge on any atom is 0.338 e. The number of hydrogen-bond donors (Lipinski definition) is 1. The zero-order valence-electron chi connectivity index (χ0n) is 11.5. The predicted molar refractivity (Wildman–Crippen MR) is 71.0 cm³/mol. The Labute approximate surface area is 113 Å². The second-order valence-electron chi connectivity index (χ2n) is 4.43. The Hall–Kier alpha value is -1.85. The molecular formula is C13H21N3O3. The molecule has 0 bridgehead atoms. The molecule has 106 valence electrons. The molecule has 0 saturated heterocycles. The third kappa shape index (κ3) is 4.73. The van der Waals surface area contributed by atoms with Crippen LogP contribution in [0.4, 0.5) is 0 Å². The van der Waals surface area contributed by atoms with E-state index in [-0.39, 0.29) is 11.5 Å². The van der Waals surface area contributed by atoms with Crippen LogP contribution in [0.5, 0.6) is 0 Å². The third-order valence-corrected chi connectivity index (χ3v) is 2.77. The Morgan fingerprint density at radius 3 is 2.42 bits per heavy atom. The van der Waals surface area contributed by atoms with Gasteiger partial charge >= 0.3 is 5.97 Å². The minimum absolute atomic E-state index is 0.0936. The van der Waals surface area contributed by atoms with E-state index < -0.39 is 5.97 Å². The van der Waals surface area contributed by atoms with Crippen LogP contribution in [0.15, 0.2) is 12.4 Å². The number of rotatable bonds is 8. The van der Waals surface area contributed by atoms with Gasteiger partial charge in [-0.3, -0.25) is 9.48 Å². The fourth-order valence-corrected chi connectivity index (χ4v) is 1.87. The highest BCUT2D eigenvalue weighted by Crippen LogP contribution is 2.02. The molecule has 0 radical (unpaired) electrons. The zero-order valence-corrected chi connectivity index (χ0v) is 11.5. The third-order valence-electron chi connectivity index (χ3n) is 2.77. The molecule has 6 nitrogen and oxygen atoms in total. The van der Waals surface area contributed by atoms with Gasteiger partial charge in [0.05, 0.1) is 11.8 Å². The van der Waals surface area contributed by atoms with E-state index in [4.69, 9.17) is 5.11 Å². The standard InChI is InChI=1S/C13H21N3O3/c1-3-6-15(7-4-2)12(17)5-8-16-10-11(9-14-16)13(18)19/h9-10H,3-8H2,1-2H3,(H,18,19). The number of aryl methyl sites for hydroxylation is 1. The Kier molecular flexibility index (Phi) is 6.05. The molecule has 0 unspecified atom stereocenters. The maximum atomic E-state index is 12.0. The highest BCUT2D eigenvalue weighted by molar-refractivity contribution is 5.86. The lowest BCUT2D eigenvalue weighted by atomic mass is 10.3. The molecule has 1 heterocycles. The van der Waals surface area contributed by atoms with Crippen LogP contribution in [-0.4, -0.2) is 44.8 Å². The van der Waals surface area contributed by atoms with Crippen molar-refractivity contribution in [3.8, 4) is 0 Å². The van der Waals surface area contributed by atoms with Crippen molar-refractivity contribution in [1.82, 2.24) is 14.7 Å². The van der Waals surface area contributed by atoms with Gasteiger partial charge in [-0.05, 0) is 12.8 Å². The molecule has 0 atom stereocenters. The Morgan fingerprint density at radius 2 is 1.95 bits per heavy atom. The minimum atomic E-state index is -1.00. The smallest absolute Gasteiger partial charge is 0.338 e. The van der Waals surface area contributed by atoms with Crippen LogP contribution in [0.25, 0.3) is 0 Å². The second-order valence-corrected chi connectivity index (χ2v) is 4.43. The van der Waals surface area contributed by atoms with E-state index in [1.165, 1.54) is 17.1 Å². The second kappa shape index (κ2) is 7.56. The summed E-state index contributed by atoms with van der Waals surface area (Å²) in [5.74, 6) is -0.910. The number of hydrogen-bond acceptors (Lipinski definition) is 3. The highest BCUT2D eigenvalue weighted by Gasteiger charge is 2.12. The molecule has 0 aliphatic carbocycles. The first-order valence-electron chi connectivity index (χ1n) is 6.62. The van der Waals surface area contributed by atoms with Gasteiger partial charge < -0.3 is 10.0 Å². The van der Waals surface area contributed by atoms with Gasteiger partial charge in [0, 0.05) is 32.3 Å². The molecule has 19 heavy (non-hydrogen) atoms. The normalized spacial score (nSPS) is 10.4. The van der Waals surface area contributed by atoms with Crippen molar-refractivity contribution < 1.29 is 14.7 Å². The van der Waals surface area contributed by atoms with E-state index in [2.05, 4.69) is 5.10 Å². The molecule has 0 aliphatic rings. The summed E-state index contributed by atoms with van der Waals surface area (Å²) in [5.41, 5.74) is 0.145. The number of carboxylic acid groups (broad SMARTS) is 1. The van der Waals surface area contributed by atoms with Gasteiger partial charge in [-0.15, -0.1) is 0 Å². The van der Waals surface area contributed by atoms with Crippen molar-refractivity contribution in [2.45, 2.75) is 39.7 Å². The lowest BCUT2D eigenvalue weighted by molar-refractivity contribution is -0.131. The van der Waals surface area contributed by atoms with Crippen LogP contribution >= 0.6 is 0 Å². The minimum Gasteiger partial charge on any atom is -0.478 e. The summed E-state index contributed by atoms with van der Waals surface area (Å²) in [5, 5.41) is 12.7. The average molecular weight is 267 g/mol. The van der Waals surface area contributed by atoms with E-state index in [0.29, 0.717) is 13.0 Å². The van der Waals surface area contributed by atoms with Gasteiger partial charge in [-0.1, -0.05) is 13.8 Å². The summed E-state index contributed by atoms with van der Waals surface area (Å²) in [6.07, 6.45) is 4.97. The van der Waals surface area contributed by atoms with Crippen molar-refractivity contribution in [1.29, 1.82) is 0 Å². The SMILES string of the molecule is CCCN(CCC)C(=O)CCn1cc(C(=O)O)cn1. The monoisotopic (exact) mass is 267 g/mol. The summed E-state index contributed by atoms with van der Waals surface area (Å²) in [4.78, 5) is 24.6. The number of carbonyl (C=O) groups is 2. The van der Waals surface area contributed by atoms with Crippen LogP contribution in [0.1, 0.15) is 43.5 Å². The molecule has 0 aliphatic heterocycles. The van der Waals surface area contributed by atoms with Gasteiger partial charge in [0.2, 0.25) is 5.91 Å². The molecule has 0 fully saturated rings. The predicted octanol–water partition coefficient (Wildman–Crippen LogP) is 1.62. The molecule has 1 N–H and O–H groups in total. The molecular weight excluding hydrogens is 246 g/mol. The van der Waals surface area contributed by atoms with Crippen molar-refractivity contribution in [2.24, 2.45) is 0 Å². The van der Waals surface area contributed by atoms with Gasteiger partial charge in [0.25, 0.3) is 0 Å². The van der Waals surface area contributed by atoms with Crippen LogP contribution in [-0.2, 0) is 11.3 Å². The Balaban J connectivity index is 2.49. The molecule has 0 saturated carbocycles. The average Bonchev–Trinajstić information content (AvgIpc) is 2.84. The first-order valence-corrected chi connectivity index (χ1v) is 6.62. The number of nitrogens with zero attached hydrogens (tertiary/aromatic N) is 3. The lowest BCUT2D eigenvalue weighted by Gasteiger charge is -2.21. The van der Waals surface area contributed by atoms with Crippen molar-refractivity contribution >= 4 is 11.9 Å². The van der Waals surface area contributed by atoms with Crippen LogP contribution in [0.3, 0.4) is 0 Å².